The van der Waals surface area contributed by atoms with Gasteiger partial charge in [0, 0.05) is 18.8 Å². The molecule has 0 amide bonds. The number of rotatable bonds is 0. The Balaban J connectivity index is 2.72. The van der Waals surface area contributed by atoms with Crippen LogP contribution in [0.3, 0.4) is 0 Å². The molecule has 0 radical (unpaired) electrons. The van der Waals surface area contributed by atoms with Gasteiger partial charge in [-0.05, 0) is 19.4 Å². The van der Waals surface area contributed by atoms with Gasteiger partial charge in [-0.3, -0.25) is 0 Å². The van der Waals surface area contributed by atoms with Crippen molar-refractivity contribution in [2.24, 2.45) is 0 Å². The van der Waals surface area contributed by atoms with Crippen LogP contribution in [0, 0.1) is 25.2 Å². The van der Waals surface area contributed by atoms with Crippen LogP contribution in [0.5, 0.6) is 0 Å². The first-order chi connectivity index (χ1) is 5.75. The predicted octanol–water partition coefficient (Wildman–Crippen LogP) is 1.40. The number of nitriles is 1. The minimum absolute atomic E-state index is 0.810. The Hall–Kier alpha value is -1.43. The zero-order valence-corrected chi connectivity index (χ0v) is 7.31. The van der Waals surface area contributed by atoms with Crippen molar-refractivity contribution >= 4 is 5.82 Å². The van der Waals surface area contributed by atoms with E-state index < -0.39 is 0 Å². The highest BCUT2D eigenvalue weighted by atomic mass is 15.2. The second-order valence-electron chi connectivity index (χ2n) is 3.12. The van der Waals surface area contributed by atoms with Crippen molar-refractivity contribution in [2.75, 3.05) is 11.9 Å². The van der Waals surface area contributed by atoms with E-state index in [4.69, 9.17) is 5.26 Å². The molecule has 3 nitrogen and oxygen atoms in total. The molecular weight excluding hydrogens is 150 g/mol. The van der Waals surface area contributed by atoms with Gasteiger partial charge in [-0.15, -0.1) is 0 Å². The highest BCUT2D eigenvalue weighted by Gasteiger charge is 2.20. The molecule has 0 spiro atoms. The van der Waals surface area contributed by atoms with E-state index in [2.05, 4.69) is 22.9 Å². The van der Waals surface area contributed by atoms with Gasteiger partial charge in [0.25, 0.3) is 0 Å². The molecule has 0 fully saturated rings. The Morgan fingerprint density at radius 2 is 2.25 bits per heavy atom. The van der Waals surface area contributed by atoms with E-state index in [1.807, 2.05) is 6.92 Å². The summed E-state index contributed by atoms with van der Waals surface area (Å²) < 4.78 is 2.17. The van der Waals surface area contributed by atoms with Crippen LogP contribution in [-0.4, -0.2) is 11.1 Å². The first-order valence-corrected chi connectivity index (χ1v) is 4.09. The quantitative estimate of drug-likeness (QED) is 0.624. The number of nitrogens with zero attached hydrogens (tertiary/aromatic N) is 2. The standard InChI is InChI=1S/C9H11N3/c1-6-7(2)12-4-3-11-9(12)8(6)5-10/h11H,3-4H2,1-2H3. The predicted molar refractivity (Wildman–Crippen MR) is 47.1 cm³/mol. The molecule has 62 valence electrons. The van der Waals surface area contributed by atoms with Gasteiger partial charge in [-0.2, -0.15) is 5.26 Å². The fourth-order valence-electron chi connectivity index (χ4n) is 1.75. The van der Waals surface area contributed by atoms with Crippen LogP contribution < -0.4 is 5.32 Å². The van der Waals surface area contributed by atoms with Crippen LogP contribution in [0.25, 0.3) is 0 Å². The van der Waals surface area contributed by atoms with Crippen LogP contribution in [0.15, 0.2) is 0 Å². The largest absolute Gasteiger partial charge is 0.369 e. The molecule has 1 N–H and O–H groups in total. The average molecular weight is 161 g/mol. The number of hydrogen-bond donors (Lipinski definition) is 1. The summed E-state index contributed by atoms with van der Waals surface area (Å²) in [6.07, 6.45) is 0. The van der Waals surface area contributed by atoms with E-state index in [0.29, 0.717) is 0 Å². The zero-order chi connectivity index (χ0) is 8.72. The molecule has 0 saturated carbocycles. The number of anilines is 1. The summed E-state index contributed by atoms with van der Waals surface area (Å²) in [4.78, 5) is 0. The van der Waals surface area contributed by atoms with Gasteiger partial charge in [0.1, 0.15) is 11.9 Å². The molecule has 2 heterocycles. The Labute approximate surface area is 71.6 Å². The maximum atomic E-state index is 8.89. The molecule has 12 heavy (non-hydrogen) atoms. The Morgan fingerprint density at radius 3 is 2.92 bits per heavy atom. The highest BCUT2D eigenvalue weighted by Crippen LogP contribution is 2.28. The van der Waals surface area contributed by atoms with Gasteiger partial charge >= 0.3 is 0 Å². The van der Waals surface area contributed by atoms with E-state index in [0.717, 1.165) is 30.0 Å². The van der Waals surface area contributed by atoms with Crippen LogP contribution in [0.2, 0.25) is 0 Å². The lowest BCUT2D eigenvalue weighted by molar-refractivity contribution is 0.779. The van der Waals surface area contributed by atoms with Crippen LogP contribution >= 0.6 is 0 Å². The number of fused-ring (bicyclic) bond motifs is 1. The maximum Gasteiger partial charge on any atom is 0.124 e. The normalized spacial score (nSPS) is 13.8. The third-order valence-corrected chi connectivity index (χ3v) is 2.57. The van der Waals surface area contributed by atoms with Gasteiger partial charge in [0.05, 0.1) is 5.56 Å². The molecule has 1 aromatic heterocycles. The summed E-state index contributed by atoms with van der Waals surface area (Å²) in [6, 6.07) is 2.23. The Bertz CT molecular complexity index is 368. The zero-order valence-electron chi connectivity index (χ0n) is 7.31. The molecule has 1 aromatic rings. The van der Waals surface area contributed by atoms with E-state index in [9.17, 15) is 0 Å². The Morgan fingerprint density at radius 1 is 1.50 bits per heavy atom. The minimum Gasteiger partial charge on any atom is -0.369 e. The van der Waals surface area contributed by atoms with E-state index >= 15 is 0 Å². The summed E-state index contributed by atoms with van der Waals surface area (Å²) in [5.74, 6) is 1.01. The third kappa shape index (κ3) is 0.696. The van der Waals surface area contributed by atoms with E-state index in [1.54, 1.807) is 0 Å². The van der Waals surface area contributed by atoms with Crippen molar-refractivity contribution in [3.8, 4) is 6.07 Å². The van der Waals surface area contributed by atoms with E-state index in [-0.39, 0.29) is 0 Å². The van der Waals surface area contributed by atoms with Gasteiger partial charge in [0.2, 0.25) is 0 Å². The van der Waals surface area contributed by atoms with Crippen LogP contribution in [0.4, 0.5) is 5.82 Å². The number of nitrogens with one attached hydrogen (secondary N) is 1. The van der Waals surface area contributed by atoms with Gasteiger partial charge in [0.15, 0.2) is 0 Å². The smallest absolute Gasteiger partial charge is 0.124 e. The van der Waals surface area contributed by atoms with Gasteiger partial charge < -0.3 is 9.88 Å². The highest BCUT2D eigenvalue weighted by molar-refractivity contribution is 5.62. The third-order valence-electron chi connectivity index (χ3n) is 2.57. The van der Waals surface area contributed by atoms with Crippen molar-refractivity contribution in [2.45, 2.75) is 20.4 Å². The maximum absolute atomic E-state index is 8.89. The Kier molecular flexibility index (Phi) is 1.37. The molecule has 0 unspecified atom stereocenters. The van der Waals surface area contributed by atoms with Gasteiger partial charge in [-0.25, -0.2) is 0 Å². The summed E-state index contributed by atoms with van der Waals surface area (Å²) in [5.41, 5.74) is 3.14. The fourth-order valence-corrected chi connectivity index (χ4v) is 1.75. The first-order valence-electron chi connectivity index (χ1n) is 4.09. The number of aromatic nitrogens is 1. The summed E-state index contributed by atoms with van der Waals surface area (Å²) in [6.45, 7) is 6.00. The molecule has 3 heteroatoms. The lowest BCUT2D eigenvalue weighted by atomic mass is 10.2. The van der Waals surface area contributed by atoms with Crippen molar-refractivity contribution in [1.29, 1.82) is 5.26 Å². The monoisotopic (exact) mass is 161 g/mol. The molecule has 1 aliphatic heterocycles. The SMILES string of the molecule is Cc1c(C#N)c2n(c1C)CCN2. The molecule has 0 aliphatic carbocycles. The van der Waals surface area contributed by atoms with Crippen molar-refractivity contribution in [1.82, 2.24) is 4.57 Å². The topological polar surface area (TPSA) is 40.8 Å². The molecule has 0 aromatic carbocycles. The lowest BCUT2D eigenvalue weighted by Crippen LogP contribution is -1.97. The summed E-state index contributed by atoms with van der Waals surface area (Å²) >= 11 is 0. The fraction of sp³-hybridized carbons (Fsp3) is 0.444. The second kappa shape index (κ2) is 2.28. The molecule has 2 rings (SSSR count). The molecule has 0 bridgehead atoms. The first kappa shape index (κ1) is 7.23. The van der Waals surface area contributed by atoms with Crippen molar-refractivity contribution < 1.29 is 0 Å². The van der Waals surface area contributed by atoms with Crippen molar-refractivity contribution in [3.63, 3.8) is 0 Å². The van der Waals surface area contributed by atoms with Crippen LogP contribution in [-0.2, 0) is 6.54 Å². The summed E-state index contributed by atoms with van der Waals surface area (Å²) in [5, 5.41) is 12.1. The molecular formula is C9H11N3. The molecule has 0 atom stereocenters. The van der Waals surface area contributed by atoms with E-state index in [1.165, 1.54) is 5.69 Å². The van der Waals surface area contributed by atoms with Gasteiger partial charge in [-0.1, -0.05) is 0 Å². The minimum atomic E-state index is 0.810. The molecule has 0 saturated heterocycles. The number of hydrogen-bond acceptors (Lipinski definition) is 2. The van der Waals surface area contributed by atoms with Crippen LogP contribution in [0.1, 0.15) is 16.8 Å². The summed E-state index contributed by atoms with van der Waals surface area (Å²) in [7, 11) is 0. The second-order valence-corrected chi connectivity index (χ2v) is 3.12. The lowest BCUT2D eigenvalue weighted by Gasteiger charge is -1.97. The molecule has 1 aliphatic rings. The average Bonchev–Trinajstić information content (AvgIpc) is 2.59. The van der Waals surface area contributed by atoms with Crippen molar-refractivity contribution in [3.05, 3.63) is 16.8 Å².